The van der Waals surface area contributed by atoms with Gasteiger partial charge in [-0.15, -0.1) is 0 Å². The van der Waals surface area contributed by atoms with Gasteiger partial charge in [0.1, 0.15) is 11.4 Å². The van der Waals surface area contributed by atoms with Gasteiger partial charge in [-0.05, 0) is 63.5 Å². The zero-order valence-corrected chi connectivity index (χ0v) is 16.5. The van der Waals surface area contributed by atoms with Crippen molar-refractivity contribution >= 4 is 11.8 Å². The van der Waals surface area contributed by atoms with Crippen LogP contribution >= 0.6 is 0 Å². The molecular weight excluding hydrogens is 356 g/mol. The molecule has 0 saturated heterocycles. The molecule has 0 bridgehead atoms. The lowest BCUT2D eigenvalue weighted by atomic mass is 9.81. The number of hydrogen-bond acceptors (Lipinski definition) is 4. The third-order valence-electron chi connectivity index (χ3n) is 6.65. The summed E-state index contributed by atoms with van der Waals surface area (Å²) in [6.07, 6.45) is 7.45. The molecule has 1 heterocycles. The molecule has 2 saturated carbocycles. The molecule has 1 spiro atoms. The Hall–Kier alpha value is -2.08. The number of fused-ring (bicyclic) bond motifs is 1. The van der Waals surface area contributed by atoms with Crippen molar-refractivity contribution < 1.29 is 19.1 Å². The van der Waals surface area contributed by atoms with E-state index >= 15 is 0 Å². The Morgan fingerprint density at radius 1 is 1.14 bits per heavy atom. The molecule has 0 atom stereocenters. The molecule has 28 heavy (non-hydrogen) atoms. The monoisotopic (exact) mass is 386 g/mol. The van der Waals surface area contributed by atoms with Crippen LogP contribution in [-0.2, 0) is 9.53 Å². The molecule has 6 heteroatoms. The molecular formula is C22H30N2O4. The van der Waals surface area contributed by atoms with Crippen LogP contribution in [-0.4, -0.2) is 43.2 Å². The van der Waals surface area contributed by atoms with Crippen LogP contribution in [0.25, 0.3) is 0 Å². The minimum Gasteiger partial charge on any atom is -0.485 e. The Morgan fingerprint density at radius 3 is 2.57 bits per heavy atom. The molecule has 0 unspecified atom stereocenters. The minimum absolute atomic E-state index is 0.0745. The SMILES string of the molecule is COC1CCC(C(=O)NC2CCC3(CC2)CNC(=O)c2ccccc2O3)CC1. The van der Waals surface area contributed by atoms with E-state index in [1.54, 1.807) is 13.2 Å². The first-order chi connectivity index (χ1) is 13.6. The number of benzene rings is 1. The van der Waals surface area contributed by atoms with Crippen molar-refractivity contribution in [3.63, 3.8) is 0 Å². The summed E-state index contributed by atoms with van der Waals surface area (Å²) in [4.78, 5) is 25.0. The van der Waals surface area contributed by atoms with Crippen LogP contribution in [0.2, 0.25) is 0 Å². The van der Waals surface area contributed by atoms with Crippen molar-refractivity contribution in [3.05, 3.63) is 29.8 Å². The summed E-state index contributed by atoms with van der Waals surface area (Å²) in [6, 6.07) is 7.61. The fourth-order valence-corrected chi connectivity index (χ4v) is 4.80. The first-order valence-electron chi connectivity index (χ1n) is 10.5. The second kappa shape index (κ2) is 8.11. The second-order valence-electron chi connectivity index (χ2n) is 8.46. The molecule has 2 N–H and O–H groups in total. The van der Waals surface area contributed by atoms with Gasteiger partial charge in [0.25, 0.3) is 5.91 Å². The Bertz CT molecular complexity index is 719. The van der Waals surface area contributed by atoms with E-state index in [1.807, 2.05) is 18.2 Å². The van der Waals surface area contributed by atoms with E-state index in [0.717, 1.165) is 51.4 Å². The lowest BCUT2D eigenvalue weighted by Gasteiger charge is -2.40. The van der Waals surface area contributed by atoms with Gasteiger partial charge in [0.2, 0.25) is 5.91 Å². The van der Waals surface area contributed by atoms with E-state index in [-0.39, 0.29) is 29.4 Å². The van der Waals surface area contributed by atoms with Crippen LogP contribution in [0.4, 0.5) is 0 Å². The normalized spacial score (nSPS) is 32.6. The van der Waals surface area contributed by atoms with Crippen LogP contribution in [0.15, 0.2) is 24.3 Å². The molecule has 1 aromatic carbocycles. The van der Waals surface area contributed by atoms with E-state index in [2.05, 4.69) is 10.6 Å². The van der Waals surface area contributed by atoms with Gasteiger partial charge in [-0.2, -0.15) is 0 Å². The number of rotatable bonds is 3. The van der Waals surface area contributed by atoms with Crippen LogP contribution in [0.1, 0.15) is 61.7 Å². The van der Waals surface area contributed by atoms with Gasteiger partial charge in [0.05, 0.1) is 18.2 Å². The average molecular weight is 386 g/mol. The summed E-state index contributed by atoms with van der Waals surface area (Å²) in [7, 11) is 1.75. The van der Waals surface area contributed by atoms with Crippen molar-refractivity contribution in [1.29, 1.82) is 0 Å². The molecule has 0 aromatic heterocycles. The number of hydrogen-bond donors (Lipinski definition) is 2. The molecule has 2 amide bonds. The van der Waals surface area contributed by atoms with Crippen LogP contribution < -0.4 is 15.4 Å². The highest BCUT2D eigenvalue weighted by atomic mass is 16.5. The summed E-state index contributed by atoms with van der Waals surface area (Å²) >= 11 is 0. The van der Waals surface area contributed by atoms with Gasteiger partial charge < -0.3 is 20.1 Å². The smallest absolute Gasteiger partial charge is 0.255 e. The molecule has 6 nitrogen and oxygen atoms in total. The molecule has 3 aliphatic rings. The van der Waals surface area contributed by atoms with E-state index < -0.39 is 0 Å². The number of para-hydroxylation sites is 1. The lowest BCUT2D eigenvalue weighted by molar-refractivity contribution is -0.128. The van der Waals surface area contributed by atoms with Crippen LogP contribution in [0.5, 0.6) is 5.75 Å². The van der Waals surface area contributed by atoms with Gasteiger partial charge in [-0.3, -0.25) is 9.59 Å². The number of carbonyl (C=O) groups excluding carboxylic acids is 2. The van der Waals surface area contributed by atoms with E-state index in [0.29, 0.717) is 24.0 Å². The molecule has 0 radical (unpaired) electrons. The predicted octanol–water partition coefficient (Wildman–Crippen LogP) is 2.81. The fraction of sp³-hybridized carbons (Fsp3) is 0.636. The maximum atomic E-state index is 12.7. The maximum Gasteiger partial charge on any atom is 0.255 e. The topological polar surface area (TPSA) is 76.7 Å². The number of methoxy groups -OCH3 is 1. The molecule has 1 aromatic rings. The molecule has 2 aliphatic carbocycles. The molecule has 2 fully saturated rings. The van der Waals surface area contributed by atoms with Crippen molar-refractivity contribution in [1.82, 2.24) is 10.6 Å². The van der Waals surface area contributed by atoms with Crippen LogP contribution in [0.3, 0.4) is 0 Å². The van der Waals surface area contributed by atoms with Gasteiger partial charge >= 0.3 is 0 Å². The van der Waals surface area contributed by atoms with E-state index in [4.69, 9.17) is 9.47 Å². The summed E-state index contributed by atoms with van der Waals surface area (Å²) in [6.45, 7) is 0.516. The lowest BCUT2D eigenvalue weighted by Crippen LogP contribution is -2.51. The Labute approximate surface area is 166 Å². The molecule has 152 valence electrons. The maximum absolute atomic E-state index is 12.7. The van der Waals surface area contributed by atoms with Gasteiger partial charge in [-0.1, -0.05) is 12.1 Å². The highest BCUT2D eigenvalue weighted by Crippen LogP contribution is 2.36. The second-order valence-corrected chi connectivity index (χ2v) is 8.46. The summed E-state index contributed by atoms with van der Waals surface area (Å²) in [5.74, 6) is 0.892. The van der Waals surface area contributed by atoms with E-state index in [9.17, 15) is 9.59 Å². The average Bonchev–Trinajstić information content (AvgIpc) is 2.87. The largest absolute Gasteiger partial charge is 0.485 e. The number of carbonyl (C=O) groups is 2. The zero-order valence-electron chi connectivity index (χ0n) is 16.5. The molecule has 4 rings (SSSR count). The number of nitrogens with one attached hydrogen (secondary N) is 2. The Balaban J connectivity index is 1.32. The summed E-state index contributed by atoms with van der Waals surface area (Å²) < 4.78 is 11.7. The zero-order chi connectivity index (χ0) is 19.6. The quantitative estimate of drug-likeness (QED) is 0.838. The van der Waals surface area contributed by atoms with Crippen molar-refractivity contribution in [3.8, 4) is 5.75 Å². The van der Waals surface area contributed by atoms with Crippen molar-refractivity contribution in [2.45, 2.75) is 69.1 Å². The van der Waals surface area contributed by atoms with Gasteiger partial charge in [0, 0.05) is 19.1 Å². The first kappa shape index (κ1) is 19.2. The standard InChI is InChI=1S/C22H30N2O4/c1-27-17-8-6-15(7-9-17)20(25)24-16-10-12-22(13-11-16)14-23-21(26)18-4-2-3-5-19(18)28-22/h2-5,15-17H,6-14H2,1H3,(H,23,26)(H,24,25). The summed E-state index contributed by atoms with van der Waals surface area (Å²) in [5, 5.41) is 6.28. The minimum atomic E-state index is -0.375. The van der Waals surface area contributed by atoms with E-state index in [1.165, 1.54) is 0 Å². The van der Waals surface area contributed by atoms with Crippen molar-refractivity contribution in [2.24, 2.45) is 5.92 Å². The molecule has 1 aliphatic heterocycles. The third-order valence-corrected chi connectivity index (χ3v) is 6.65. The third kappa shape index (κ3) is 4.02. The Kier molecular flexibility index (Phi) is 5.58. The highest BCUT2D eigenvalue weighted by Gasteiger charge is 2.41. The van der Waals surface area contributed by atoms with Gasteiger partial charge in [0.15, 0.2) is 0 Å². The van der Waals surface area contributed by atoms with Crippen molar-refractivity contribution in [2.75, 3.05) is 13.7 Å². The number of amides is 2. The predicted molar refractivity (Wildman–Crippen MR) is 105 cm³/mol. The Morgan fingerprint density at radius 2 is 1.86 bits per heavy atom. The first-order valence-corrected chi connectivity index (χ1v) is 10.5. The highest BCUT2D eigenvalue weighted by molar-refractivity contribution is 5.97. The fourth-order valence-electron chi connectivity index (χ4n) is 4.80. The van der Waals surface area contributed by atoms with Gasteiger partial charge in [-0.25, -0.2) is 0 Å². The number of ether oxygens (including phenoxy) is 2. The summed E-state index contributed by atoms with van der Waals surface area (Å²) in [5.41, 5.74) is 0.224. The van der Waals surface area contributed by atoms with Crippen LogP contribution in [0, 0.1) is 5.92 Å².